The molecule has 0 spiro atoms. The number of morpholine rings is 1. The first kappa shape index (κ1) is 13.3. The third kappa shape index (κ3) is 3.00. The van der Waals surface area contributed by atoms with Crippen molar-refractivity contribution in [1.82, 2.24) is 4.98 Å². The van der Waals surface area contributed by atoms with Gasteiger partial charge in [0, 0.05) is 24.3 Å². The zero-order valence-electron chi connectivity index (χ0n) is 11.5. The van der Waals surface area contributed by atoms with E-state index < -0.39 is 0 Å². The standard InChI is InChI=1S/C14H23N3O/c1-4-11-5-6-12(9-16-11)17-7-8-18-13(10-17)14(2,3)15/h5-6,9,13H,4,7-8,10,15H2,1-3H3. The molecule has 2 heterocycles. The van der Waals surface area contributed by atoms with E-state index in [0.717, 1.165) is 37.5 Å². The average Bonchev–Trinajstić information content (AvgIpc) is 2.38. The van der Waals surface area contributed by atoms with Crippen LogP contribution in [0.1, 0.15) is 26.5 Å². The number of hydrogen-bond acceptors (Lipinski definition) is 4. The smallest absolute Gasteiger partial charge is 0.0924 e. The summed E-state index contributed by atoms with van der Waals surface area (Å²) in [7, 11) is 0. The Morgan fingerprint density at radius 3 is 2.83 bits per heavy atom. The predicted octanol–water partition coefficient (Wildman–Crippen LogP) is 1.59. The second-order valence-corrected chi connectivity index (χ2v) is 5.49. The first-order valence-corrected chi connectivity index (χ1v) is 6.61. The van der Waals surface area contributed by atoms with Crippen molar-refractivity contribution in [2.75, 3.05) is 24.6 Å². The summed E-state index contributed by atoms with van der Waals surface area (Å²) in [5.41, 5.74) is 8.10. The fourth-order valence-electron chi connectivity index (χ4n) is 2.15. The molecule has 4 heteroatoms. The molecular weight excluding hydrogens is 226 g/mol. The highest BCUT2D eigenvalue weighted by Gasteiger charge is 2.31. The number of ether oxygens (including phenoxy) is 1. The van der Waals surface area contributed by atoms with Gasteiger partial charge in [0.05, 0.1) is 24.6 Å². The molecule has 0 saturated carbocycles. The Labute approximate surface area is 109 Å². The van der Waals surface area contributed by atoms with Crippen molar-refractivity contribution in [3.63, 3.8) is 0 Å². The lowest BCUT2D eigenvalue weighted by molar-refractivity contribution is -0.000229. The zero-order chi connectivity index (χ0) is 13.2. The van der Waals surface area contributed by atoms with Gasteiger partial charge in [0.25, 0.3) is 0 Å². The molecule has 1 aromatic heterocycles. The largest absolute Gasteiger partial charge is 0.373 e. The predicted molar refractivity (Wildman–Crippen MR) is 73.8 cm³/mol. The van der Waals surface area contributed by atoms with Crippen molar-refractivity contribution >= 4 is 5.69 Å². The normalized spacial score (nSPS) is 21.1. The summed E-state index contributed by atoms with van der Waals surface area (Å²) in [6, 6.07) is 4.23. The second-order valence-electron chi connectivity index (χ2n) is 5.49. The molecule has 0 amide bonds. The molecule has 1 atom stereocenters. The van der Waals surface area contributed by atoms with Crippen LogP contribution < -0.4 is 10.6 Å². The summed E-state index contributed by atoms with van der Waals surface area (Å²) in [6.07, 6.45) is 2.99. The maximum atomic E-state index is 6.13. The maximum absolute atomic E-state index is 6.13. The van der Waals surface area contributed by atoms with Crippen molar-refractivity contribution in [3.8, 4) is 0 Å². The molecule has 0 radical (unpaired) electrons. The summed E-state index contributed by atoms with van der Waals surface area (Å²) in [4.78, 5) is 6.75. The van der Waals surface area contributed by atoms with Crippen LogP contribution in [0.25, 0.3) is 0 Å². The van der Waals surface area contributed by atoms with E-state index in [0.29, 0.717) is 0 Å². The molecule has 0 aliphatic carbocycles. The summed E-state index contributed by atoms with van der Waals surface area (Å²) in [6.45, 7) is 8.60. The lowest BCUT2D eigenvalue weighted by Crippen LogP contribution is -2.56. The number of pyridine rings is 1. The molecule has 1 saturated heterocycles. The molecule has 1 aliphatic rings. The SMILES string of the molecule is CCc1ccc(N2CCOC(C(C)(C)N)C2)cn1. The van der Waals surface area contributed by atoms with Crippen LogP contribution in [0.5, 0.6) is 0 Å². The maximum Gasteiger partial charge on any atom is 0.0924 e. The molecule has 0 aromatic carbocycles. The Morgan fingerprint density at radius 1 is 1.50 bits per heavy atom. The molecule has 2 N–H and O–H groups in total. The van der Waals surface area contributed by atoms with Gasteiger partial charge >= 0.3 is 0 Å². The van der Waals surface area contributed by atoms with Gasteiger partial charge in [-0.2, -0.15) is 0 Å². The van der Waals surface area contributed by atoms with Crippen molar-refractivity contribution in [1.29, 1.82) is 0 Å². The Bertz CT molecular complexity index is 383. The van der Waals surface area contributed by atoms with Crippen molar-refractivity contribution in [2.45, 2.75) is 38.8 Å². The Hall–Kier alpha value is -1.13. The molecule has 1 aliphatic heterocycles. The molecule has 100 valence electrons. The molecule has 18 heavy (non-hydrogen) atoms. The van der Waals surface area contributed by atoms with E-state index in [1.54, 1.807) is 0 Å². The monoisotopic (exact) mass is 249 g/mol. The molecule has 0 bridgehead atoms. The lowest BCUT2D eigenvalue weighted by atomic mass is 9.97. The molecule has 1 unspecified atom stereocenters. The van der Waals surface area contributed by atoms with E-state index >= 15 is 0 Å². The Balaban J connectivity index is 2.08. The average molecular weight is 249 g/mol. The van der Waals surface area contributed by atoms with E-state index in [1.807, 2.05) is 20.0 Å². The highest BCUT2D eigenvalue weighted by Crippen LogP contribution is 2.21. The van der Waals surface area contributed by atoms with E-state index in [2.05, 4.69) is 28.9 Å². The third-order valence-corrected chi connectivity index (χ3v) is 3.43. The highest BCUT2D eigenvalue weighted by molar-refractivity contribution is 5.45. The summed E-state index contributed by atoms with van der Waals surface area (Å²) in [5.74, 6) is 0. The minimum Gasteiger partial charge on any atom is -0.373 e. The third-order valence-electron chi connectivity index (χ3n) is 3.43. The number of hydrogen-bond donors (Lipinski definition) is 1. The number of rotatable bonds is 3. The van der Waals surface area contributed by atoms with E-state index in [-0.39, 0.29) is 11.6 Å². The van der Waals surface area contributed by atoms with Crippen LogP contribution in [0, 0.1) is 0 Å². The topological polar surface area (TPSA) is 51.4 Å². The van der Waals surface area contributed by atoms with Gasteiger partial charge in [-0.15, -0.1) is 0 Å². The molecule has 2 rings (SSSR count). The van der Waals surface area contributed by atoms with Crippen LogP contribution in [0.3, 0.4) is 0 Å². The highest BCUT2D eigenvalue weighted by atomic mass is 16.5. The van der Waals surface area contributed by atoms with Crippen LogP contribution >= 0.6 is 0 Å². The van der Waals surface area contributed by atoms with Crippen molar-refractivity contribution in [3.05, 3.63) is 24.0 Å². The van der Waals surface area contributed by atoms with Gasteiger partial charge in [-0.3, -0.25) is 4.98 Å². The summed E-state index contributed by atoms with van der Waals surface area (Å²) >= 11 is 0. The summed E-state index contributed by atoms with van der Waals surface area (Å²) in [5, 5.41) is 0. The summed E-state index contributed by atoms with van der Waals surface area (Å²) < 4.78 is 5.75. The number of anilines is 1. The first-order valence-electron chi connectivity index (χ1n) is 6.61. The van der Waals surface area contributed by atoms with Gasteiger partial charge in [0.15, 0.2) is 0 Å². The van der Waals surface area contributed by atoms with E-state index in [4.69, 9.17) is 10.5 Å². The van der Waals surface area contributed by atoms with Gasteiger partial charge in [0.1, 0.15) is 0 Å². The molecule has 4 nitrogen and oxygen atoms in total. The number of nitrogens with two attached hydrogens (primary N) is 1. The number of aromatic nitrogens is 1. The minimum absolute atomic E-state index is 0.0668. The number of aryl methyl sites for hydroxylation is 1. The second kappa shape index (κ2) is 5.24. The first-order chi connectivity index (χ1) is 8.50. The molecular formula is C14H23N3O. The molecule has 1 aromatic rings. The van der Waals surface area contributed by atoms with Gasteiger partial charge in [-0.1, -0.05) is 6.92 Å². The van der Waals surface area contributed by atoms with Gasteiger partial charge in [-0.05, 0) is 32.4 Å². The quantitative estimate of drug-likeness (QED) is 0.884. The van der Waals surface area contributed by atoms with Gasteiger partial charge in [-0.25, -0.2) is 0 Å². The van der Waals surface area contributed by atoms with Crippen molar-refractivity contribution in [2.24, 2.45) is 5.73 Å². The fourth-order valence-corrected chi connectivity index (χ4v) is 2.15. The number of nitrogens with zero attached hydrogens (tertiary/aromatic N) is 2. The minimum atomic E-state index is -0.310. The Kier molecular flexibility index (Phi) is 3.88. The fraction of sp³-hybridized carbons (Fsp3) is 0.643. The lowest BCUT2D eigenvalue weighted by Gasteiger charge is -2.40. The van der Waals surface area contributed by atoms with Crippen LogP contribution in [0.4, 0.5) is 5.69 Å². The van der Waals surface area contributed by atoms with Crippen LogP contribution in [0.15, 0.2) is 18.3 Å². The van der Waals surface area contributed by atoms with Gasteiger partial charge in [0.2, 0.25) is 0 Å². The zero-order valence-corrected chi connectivity index (χ0v) is 11.5. The van der Waals surface area contributed by atoms with E-state index in [1.165, 1.54) is 0 Å². The van der Waals surface area contributed by atoms with Crippen LogP contribution in [-0.2, 0) is 11.2 Å². The van der Waals surface area contributed by atoms with Crippen LogP contribution in [-0.4, -0.2) is 36.3 Å². The van der Waals surface area contributed by atoms with Gasteiger partial charge < -0.3 is 15.4 Å². The van der Waals surface area contributed by atoms with Crippen molar-refractivity contribution < 1.29 is 4.74 Å². The molecule has 1 fully saturated rings. The van der Waals surface area contributed by atoms with E-state index in [9.17, 15) is 0 Å². The van der Waals surface area contributed by atoms with Crippen LogP contribution in [0.2, 0.25) is 0 Å². The Morgan fingerprint density at radius 2 is 2.28 bits per heavy atom.